The molecule has 0 saturated carbocycles. The molecule has 29 heavy (non-hydrogen) atoms. The van der Waals surface area contributed by atoms with Gasteiger partial charge in [0.2, 0.25) is 0 Å². The Morgan fingerprint density at radius 1 is 1.24 bits per heavy atom. The molecule has 1 aromatic carbocycles. The maximum absolute atomic E-state index is 12.8. The van der Waals surface area contributed by atoms with Crippen LogP contribution >= 0.6 is 11.3 Å². The molecule has 2 N–H and O–H groups in total. The summed E-state index contributed by atoms with van der Waals surface area (Å²) in [6.07, 6.45) is 6.07. The van der Waals surface area contributed by atoms with Crippen molar-refractivity contribution in [2.75, 3.05) is 17.7 Å². The van der Waals surface area contributed by atoms with Gasteiger partial charge in [-0.15, -0.1) is 0 Å². The molecule has 0 unspecified atom stereocenters. The van der Waals surface area contributed by atoms with E-state index in [0.29, 0.717) is 10.0 Å². The molecule has 1 aliphatic rings. The van der Waals surface area contributed by atoms with Crippen molar-refractivity contribution < 1.29 is 9.53 Å². The molecule has 0 aliphatic heterocycles. The molecule has 0 bridgehead atoms. The zero-order chi connectivity index (χ0) is 20.5. The molecular weight excluding hydrogens is 386 g/mol. The van der Waals surface area contributed by atoms with E-state index in [0.717, 1.165) is 41.2 Å². The smallest absolute Gasteiger partial charge is 0.267 e. The number of thiazole rings is 1. The summed E-state index contributed by atoms with van der Waals surface area (Å²) >= 11 is 1.32. The summed E-state index contributed by atoms with van der Waals surface area (Å²) < 4.78 is 7.32. The first kappa shape index (κ1) is 19.4. The number of ether oxygens (including phenoxy) is 1. The first-order valence-corrected chi connectivity index (χ1v) is 10.5. The van der Waals surface area contributed by atoms with Crippen LogP contribution in [0.3, 0.4) is 0 Å². The van der Waals surface area contributed by atoms with Crippen molar-refractivity contribution in [1.82, 2.24) is 14.8 Å². The van der Waals surface area contributed by atoms with Gasteiger partial charge in [0.1, 0.15) is 10.6 Å². The highest BCUT2D eigenvalue weighted by Gasteiger charge is 2.21. The van der Waals surface area contributed by atoms with Crippen LogP contribution in [0.1, 0.15) is 44.9 Å². The van der Waals surface area contributed by atoms with Gasteiger partial charge in [-0.3, -0.25) is 9.48 Å². The quantitative estimate of drug-likeness (QED) is 0.651. The second kappa shape index (κ2) is 7.87. The fourth-order valence-electron chi connectivity index (χ4n) is 3.83. The Hall–Kier alpha value is -2.87. The van der Waals surface area contributed by atoms with E-state index in [-0.39, 0.29) is 5.91 Å². The molecule has 0 saturated heterocycles. The monoisotopic (exact) mass is 411 g/mol. The Balaban J connectivity index is 1.52. The van der Waals surface area contributed by atoms with E-state index in [9.17, 15) is 4.79 Å². The summed E-state index contributed by atoms with van der Waals surface area (Å²) in [7, 11) is 3.61. The summed E-state index contributed by atoms with van der Waals surface area (Å²) in [5, 5.41) is 11.6. The Bertz CT molecular complexity index is 1070. The van der Waals surface area contributed by atoms with E-state index >= 15 is 0 Å². The van der Waals surface area contributed by atoms with Crippen LogP contribution in [0, 0.1) is 13.8 Å². The molecule has 3 aromatic rings. The van der Waals surface area contributed by atoms with Gasteiger partial charge in [0.05, 0.1) is 19.0 Å². The number of amides is 1. The number of hydrogen-bond acceptors (Lipinski definition) is 6. The van der Waals surface area contributed by atoms with Gasteiger partial charge in [0.15, 0.2) is 10.9 Å². The number of hydrogen-bond donors (Lipinski definition) is 2. The van der Waals surface area contributed by atoms with Crippen LogP contribution in [0.2, 0.25) is 0 Å². The lowest BCUT2D eigenvalue weighted by Crippen LogP contribution is -2.12. The lowest BCUT2D eigenvalue weighted by Gasteiger charge is -2.14. The van der Waals surface area contributed by atoms with Crippen molar-refractivity contribution in [2.45, 2.75) is 39.5 Å². The predicted molar refractivity (Wildman–Crippen MR) is 116 cm³/mol. The lowest BCUT2D eigenvalue weighted by atomic mass is 9.97. The third-order valence-corrected chi connectivity index (χ3v) is 6.31. The summed E-state index contributed by atoms with van der Waals surface area (Å²) in [5.74, 6) is 1.42. The third kappa shape index (κ3) is 3.72. The zero-order valence-electron chi connectivity index (χ0n) is 17.1. The molecule has 2 aromatic heterocycles. The Kier molecular flexibility index (Phi) is 5.27. The molecule has 1 aliphatic carbocycles. The molecule has 4 rings (SSSR count). The number of anilines is 3. The number of aromatic nitrogens is 3. The van der Waals surface area contributed by atoms with Crippen LogP contribution < -0.4 is 15.4 Å². The molecular formula is C21H25N5O2S. The predicted octanol–water partition coefficient (Wildman–Crippen LogP) is 4.38. The Labute approximate surface area is 174 Å². The Morgan fingerprint density at radius 2 is 2.03 bits per heavy atom. The minimum Gasteiger partial charge on any atom is -0.496 e. The normalized spacial score (nSPS) is 13.1. The number of benzene rings is 1. The maximum Gasteiger partial charge on any atom is 0.267 e. The summed E-state index contributed by atoms with van der Waals surface area (Å²) in [6.45, 7) is 3.90. The van der Waals surface area contributed by atoms with E-state index < -0.39 is 0 Å². The summed E-state index contributed by atoms with van der Waals surface area (Å²) in [5.41, 5.74) is 5.22. The molecule has 1 amide bonds. The number of fused-ring (bicyclic) bond motifs is 1. The maximum atomic E-state index is 12.8. The van der Waals surface area contributed by atoms with Crippen LogP contribution in [0.4, 0.5) is 16.6 Å². The number of carbonyl (C=O) groups is 1. The van der Waals surface area contributed by atoms with Crippen molar-refractivity contribution in [3.63, 3.8) is 0 Å². The summed E-state index contributed by atoms with van der Waals surface area (Å²) in [4.78, 5) is 17.7. The van der Waals surface area contributed by atoms with Gasteiger partial charge in [0.25, 0.3) is 5.91 Å². The van der Waals surface area contributed by atoms with Gasteiger partial charge in [-0.05, 0) is 51.2 Å². The van der Waals surface area contributed by atoms with Gasteiger partial charge >= 0.3 is 0 Å². The van der Waals surface area contributed by atoms with E-state index in [2.05, 4.69) is 20.7 Å². The zero-order valence-corrected chi connectivity index (χ0v) is 17.9. The molecule has 8 heteroatoms. The number of rotatable bonds is 5. The highest BCUT2D eigenvalue weighted by atomic mass is 32.1. The fourth-order valence-corrected chi connectivity index (χ4v) is 4.54. The Morgan fingerprint density at radius 3 is 2.83 bits per heavy atom. The van der Waals surface area contributed by atoms with E-state index in [1.54, 1.807) is 13.3 Å². The van der Waals surface area contributed by atoms with Crippen LogP contribution in [0.25, 0.3) is 0 Å². The van der Waals surface area contributed by atoms with E-state index in [1.165, 1.54) is 35.4 Å². The number of nitrogens with one attached hydrogen (secondary N) is 2. The van der Waals surface area contributed by atoms with Gasteiger partial charge in [-0.25, -0.2) is 4.98 Å². The molecule has 0 atom stereocenters. The average molecular weight is 412 g/mol. The van der Waals surface area contributed by atoms with Crippen molar-refractivity contribution in [2.24, 2.45) is 7.05 Å². The van der Waals surface area contributed by atoms with Gasteiger partial charge in [0, 0.05) is 23.9 Å². The molecule has 0 spiro atoms. The highest BCUT2D eigenvalue weighted by Crippen LogP contribution is 2.32. The first-order chi connectivity index (χ1) is 14.0. The van der Waals surface area contributed by atoms with Crippen LogP contribution in [0.5, 0.6) is 5.75 Å². The molecule has 0 fully saturated rings. The summed E-state index contributed by atoms with van der Waals surface area (Å²) in [6, 6.07) is 3.84. The number of methoxy groups -OCH3 is 1. The SMILES string of the molecule is COc1ccc(C)c(NC(=O)c2cnc(Nc3nn(C)c4c3CCCC4)s2)c1C. The van der Waals surface area contributed by atoms with Crippen molar-refractivity contribution in [3.8, 4) is 5.75 Å². The second-order valence-corrected chi connectivity index (χ2v) is 8.33. The minimum absolute atomic E-state index is 0.182. The van der Waals surface area contributed by atoms with Gasteiger partial charge in [-0.1, -0.05) is 17.4 Å². The molecule has 0 radical (unpaired) electrons. The molecule has 2 heterocycles. The van der Waals surface area contributed by atoms with E-state index in [1.807, 2.05) is 37.7 Å². The third-order valence-electron chi connectivity index (χ3n) is 5.40. The standard InChI is InChI=1S/C21H25N5O2S/c1-12-9-10-16(28-4)13(2)18(12)23-20(27)17-11-22-21(29-17)24-19-14-7-5-6-8-15(14)26(3)25-19/h9-11H,5-8H2,1-4H3,(H,23,27)(H,22,24,25). The largest absolute Gasteiger partial charge is 0.496 e. The van der Waals surface area contributed by atoms with Crippen LogP contribution in [0.15, 0.2) is 18.3 Å². The average Bonchev–Trinajstić information content (AvgIpc) is 3.31. The fraction of sp³-hybridized carbons (Fsp3) is 0.381. The lowest BCUT2D eigenvalue weighted by molar-refractivity contribution is 0.103. The molecule has 152 valence electrons. The van der Waals surface area contributed by atoms with Crippen LogP contribution in [-0.2, 0) is 19.9 Å². The second-order valence-electron chi connectivity index (χ2n) is 7.30. The number of nitrogens with zero attached hydrogens (tertiary/aromatic N) is 3. The number of carbonyl (C=O) groups excluding carboxylic acids is 1. The van der Waals surface area contributed by atoms with Crippen LogP contribution in [-0.4, -0.2) is 27.8 Å². The topological polar surface area (TPSA) is 81.1 Å². The first-order valence-electron chi connectivity index (χ1n) is 9.71. The van der Waals surface area contributed by atoms with E-state index in [4.69, 9.17) is 4.74 Å². The van der Waals surface area contributed by atoms with Gasteiger partial charge in [-0.2, -0.15) is 5.10 Å². The minimum atomic E-state index is -0.182. The van der Waals surface area contributed by atoms with Crippen molar-refractivity contribution in [3.05, 3.63) is 45.6 Å². The van der Waals surface area contributed by atoms with Crippen molar-refractivity contribution in [1.29, 1.82) is 0 Å². The highest BCUT2D eigenvalue weighted by molar-refractivity contribution is 7.17. The number of aryl methyl sites for hydroxylation is 2. The molecule has 7 nitrogen and oxygen atoms in total. The van der Waals surface area contributed by atoms with Crippen molar-refractivity contribution >= 4 is 33.9 Å². The van der Waals surface area contributed by atoms with Gasteiger partial charge < -0.3 is 15.4 Å².